The van der Waals surface area contributed by atoms with Gasteiger partial charge in [0.1, 0.15) is 0 Å². The molecule has 2 aromatic carbocycles. The Balaban J connectivity index is 1.01. The van der Waals surface area contributed by atoms with Crippen molar-refractivity contribution in [2.45, 2.75) is 38.5 Å². The summed E-state index contributed by atoms with van der Waals surface area (Å²) in [6, 6.07) is 19.0. The zero-order valence-electron chi connectivity index (χ0n) is 20.1. The maximum atomic E-state index is 12.8. The Labute approximate surface area is 202 Å². The van der Waals surface area contributed by atoms with Gasteiger partial charge >= 0.3 is 0 Å². The number of para-hydroxylation sites is 2. The number of rotatable bonds is 8. The smallest absolute Gasteiger partial charge is 0.224 e. The molecule has 180 valence electrons. The SMILES string of the molecule is O=C(NCCCN1CCC(Cc2ccccc2)CC1)[C@@H]1CCCN(c2nc3ccccc3[nH]2)C1. The topological polar surface area (TPSA) is 64.3 Å². The lowest BCUT2D eigenvalue weighted by Crippen LogP contribution is -2.44. The van der Waals surface area contributed by atoms with Crippen LogP contribution in [-0.4, -0.2) is 60.0 Å². The van der Waals surface area contributed by atoms with Gasteiger partial charge in [-0.3, -0.25) is 4.79 Å². The first-order chi connectivity index (χ1) is 16.7. The molecule has 3 aromatic rings. The predicted octanol–water partition coefficient (Wildman–Crippen LogP) is 4.24. The molecule has 6 nitrogen and oxygen atoms in total. The highest BCUT2D eigenvalue weighted by atomic mass is 16.1. The van der Waals surface area contributed by atoms with Gasteiger partial charge in [0.25, 0.3) is 0 Å². The van der Waals surface area contributed by atoms with E-state index in [1.165, 1.54) is 37.9 Å². The third-order valence-electron chi connectivity index (χ3n) is 7.49. The highest BCUT2D eigenvalue weighted by Gasteiger charge is 2.27. The minimum atomic E-state index is 0.0377. The molecule has 2 aliphatic heterocycles. The Morgan fingerprint density at radius 2 is 1.79 bits per heavy atom. The Kier molecular flexibility index (Phi) is 7.44. The van der Waals surface area contributed by atoms with E-state index in [1.54, 1.807) is 0 Å². The van der Waals surface area contributed by atoms with Crippen LogP contribution in [-0.2, 0) is 11.2 Å². The molecule has 1 aromatic heterocycles. The molecular formula is C28H37N5O. The molecule has 2 saturated heterocycles. The average molecular weight is 460 g/mol. The van der Waals surface area contributed by atoms with Crippen molar-refractivity contribution in [2.75, 3.05) is 44.2 Å². The third-order valence-corrected chi connectivity index (χ3v) is 7.49. The molecule has 34 heavy (non-hydrogen) atoms. The molecule has 0 spiro atoms. The maximum absolute atomic E-state index is 12.8. The number of carbonyl (C=O) groups is 1. The molecule has 2 N–H and O–H groups in total. The predicted molar refractivity (Wildman–Crippen MR) is 138 cm³/mol. The molecule has 0 bridgehead atoms. The van der Waals surface area contributed by atoms with Gasteiger partial charge in [-0.1, -0.05) is 42.5 Å². The number of anilines is 1. The highest BCUT2D eigenvalue weighted by Crippen LogP contribution is 2.24. The first kappa shape index (κ1) is 22.9. The summed E-state index contributed by atoms with van der Waals surface area (Å²) >= 11 is 0. The van der Waals surface area contributed by atoms with Gasteiger partial charge in [-0.15, -0.1) is 0 Å². The fourth-order valence-corrected chi connectivity index (χ4v) is 5.49. The van der Waals surface area contributed by atoms with Crippen molar-refractivity contribution in [3.8, 4) is 0 Å². The minimum absolute atomic E-state index is 0.0377. The van der Waals surface area contributed by atoms with E-state index in [1.807, 2.05) is 24.3 Å². The number of nitrogens with zero attached hydrogens (tertiary/aromatic N) is 3. The Morgan fingerprint density at radius 1 is 1.00 bits per heavy atom. The van der Waals surface area contributed by atoms with Crippen LogP contribution < -0.4 is 10.2 Å². The number of hydrogen-bond donors (Lipinski definition) is 2. The fourth-order valence-electron chi connectivity index (χ4n) is 5.49. The molecule has 0 unspecified atom stereocenters. The number of H-pyrrole nitrogens is 1. The van der Waals surface area contributed by atoms with Crippen molar-refractivity contribution in [1.29, 1.82) is 0 Å². The molecule has 5 rings (SSSR count). The Morgan fingerprint density at radius 3 is 2.62 bits per heavy atom. The number of piperidine rings is 2. The van der Waals surface area contributed by atoms with Crippen molar-refractivity contribution in [2.24, 2.45) is 11.8 Å². The van der Waals surface area contributed by atoms with Crippen molar-refractivity contribution < 1.29 is 4.79 Å². The average Bonchev–Trinajstić information content (AvgIpc) is 3.33. The number of aromatic amines is 1. The van der Waals surface area contributed by atoms with Crippen LogP contribution in [0.3, 0.4) is 0 Å². The maximum Gasteiger partial charge on any atom is 0.224 e. The van der Waals surface area contributed by atoms with Crippen LogP contribution in [0.15, 0.2) is 54.6 Å². The van der Waals surface area contributed by atoms with Crippen molar-refractivity contribution in [1.82, 2.24) is 20.2 Å². The van der Waals surface area contributed by atoms with E-state index in [4.69, 9.17) is 4.98 Å². The monoisotopic (exact) mass is 459 g/mol. The van der Waals surface area contributed by atoms with Crippen molar-refractivity contribution >= 4 is 22.9 Å². The lowest BCUT2D eigenvalue weighted by Gasteiger charge is -2.32. The van der Waals surface area contributed by atoms with E-state index in [0.717, 1.165) is 68.3 Å². The van der Waals surface area contributed by atoms with Gasteiger partial charge in [-0.05, 0) is 81.8 Å². The number of hydrogen-bond acceptors (Lipinski definition) is 4. The molecule has 2 aliphatic rings. The molecule has 1 amide bonds. The summed E-state index contributed by atoms with van der Waals surface area (Å²) in [5.41, 5.74) is 3.49. The molecule has 0 radical (unpaired) electrons. The molecule has 2 fully saturated rings. The molecule has 1 atom stereocenters. The highest BCUT2D eigenvalue weighted by molar-refractivity contribution is 5.80. The van der Waals surface area contributed by atoms with Crippen LogP contribution in [0.25, 0.3) is 11.0 Å². The third kappa shape index (κ3) is 5.79. The van der Waals surface area contributed by atoms with Gasteiger partial charge in [-0.25, -0.2) is 4.98 Å². The second-order valence-electron chi connectivity index (χ2n) is 9.98. The van der Waals surface area contributed by atoms with Crippen molar-refractivity contribution in [3.63, 3.8) is 0 Å². The van der Waals surface area contributed by atoms with Gasteiger partial charge in [-0.2, -0.15) is 0 Å². The number of nitrogens with one attached hydrogen (secondary N) is 2. The second kappa shape index (κ2) is 11.0. The molecule has 0 aliphatic carbocycles. The van der Waals surface area contributed by atoms with E-state index in [0.29, 0.717) is 0 Å². The standard InChI is InChI=1S/C28H37N5O/c34-27(24-10-6-17-33(21-24)28-30-25-11-4-5-12-26(25)31-28)29-15-7-16-32-18-13-23(14-19-32)20-22-8-2-1-3-9-22/h1-5,8-9,11-12,23-24H,6-7,10,13-21H2,(H,29,34)(H,30,31)/t24-/m1/s1. The van der Waals surface area contributed by atoms with Gasteiger partial charge in [0.05, 0.1) is 17.0 Å². The fraction of sp³-hybridized carbons (Fsp3) is 0.500. The largest absolute Gasteiger partial charge is 0.356 e. The lowest BCUT2D eigenvalue weighted by atomic mass is 9.90. The summed E-state index contributed by atoms with van der Waals surface area (Å²) in [5.74, 6) is 1.92. The van der Waals surface area contributed by atoms with Gasteiger partial charge in [0.2, 0.25) is 11.9 Å². The van der Waals surface area contributed by atoms with Crippen LogP contribution in [0.4, 0.5) is 5.95 Å². The van der Waals surface area contributed by atoms with Gasteiger partial charge in [0.15, 0.2) is 0 Å². The summed E-state index contributed by atoms with van der Waals surface area (Å²) in [6.45, 7) is 5.89. The number of imidazole rings is 1. The van der Waals surface area contributed by atoms with E-state index in [2.05, 4.69) is 50.4 Å². The number of fused-ring (bicyclic) bond motifs is 1. The molecule has 0 saturated carbocycles. The van der Waals surface area contributed by atoms with Crippen LogP contribution in [0.1, 0.15) is 37.7 Å². The molecular weight excluding hydrogens is 422 g/mol. The zero-order valence-corrected chi connectivity index (χ0v) is 20.1. The summed E-state index contributed by atoms with van der Waals surface area (Å²) in [7, 11) is 0. The van der Waals surface area contributed by atoms with Crippen molar-refractivity contribution in [3.05, 3.63) is 60.2 Å². The number of benzene rings is 2. The number of aromatic nitrogens is 2. The quantitative estimate of drug-likeness (QED) is 0.495. The van der Waals surface area contributed by atoms with E-state index in [9.17, 15) is 4.79 Å². The zero-order chi connectivity index (χ0) is 23.2. The van der Waals surface area contributed by atoms with Gasteiger partial charge in [0, 0.05) is 19.6 Å². The van der Waals surface area contributed by atoms with Crippen LogP contribution in [0.5, 0.6) is 0 Å². The number of likely N-dealkylation sites (tertiary alicyclic amines) is 1. The van der Waals surface area contributed by atoms with E-state index in [-0.39, 0.29) is 11.8 Å². The lowest BCUT2D eigenvalue weighted by molar-refractivity contribution is -0.125. The van der Waals surface area contributed by atoms with Gasteiger partial charge < -0.3 is 20.1 Å². The summed E-state index contributed by atoms with van der Waals surface area (Å²) in [4.78, 5) is 25.8. The van der Waals surface area contributed by atoms with E-state index >= 15 is 0 Å². The van der Waals surface area contributed by atoms with Crippen LogP contribution in [0, 0.1) is 11.8 Å². The normalized spacial score (nSPS) is 20.0. The Bertz CT molecular complexity index is 1020. The number of amides is 1. The Hall–Kier alpha value is -2.86. The van der Waals surface area contributed by atoms with Crippen LogP contribution >= 0.6 is 0 Å². The molecule has 6 heteroatoms. The minimum Gasteiger partial charge on any atom is -0.356 e. The summed E-state index contributed by atoms with van der Waals surface area (Å²) in [6.07, 6.45) is 6.76. The molecule has 3 heterocycles. The second-order valence-corrected chi connectivity index (χ2v) is 9.98. The first-order valence-corrected chi connectivity index (χ1v) is 13.0. The summed E-state index contributed by atoms with van der Waals surface area (Å²) in [5, 5.41) is 3.21. The number of carbonyl (C=O) groups excluding carboxylic acids is 1. The summed E-state index contributed by atoms with van der Waals surface area (Å²) < 4.78 is 0. The first-order valence-electron chi connectivity index (χ1n) is 13.0. The van der Waals surface area contributed by atoms with Crippen LogP contribution in [0.2, 0.25) is 0 Å². The van der Waals surface area contributed by atoms with E-state index < -0.39 is 0 Å².